The summed E-state index contributed by atoms with van der Waals surface area (Å²) in [5, 5.41) is 22.9. The number of fused-ring (bicyclic) bond motifs is 1. The number of carboxylic acids is 1. The molecule has 2 rings (SSSR count). The van der Waals surface area contributed by atoms with Gasteiger partial charge in [-0.2, -0.15) is 0 Å². The SMILES string of the molecule is Cc1c(C(=O)O)sc2ncnc(NCC(O)CC(C)C)c12. The second-order valence-electron chi connectivity index (χ2n) is 5.43. The van der Waals surface area contributed by atoms with Gasteiger partial charge >= 0.3 is 5.97 Å². The van der Waals surface area contributed by atoms with Gasteiger partial charge in [-0.3, -0.25) is 0 Å². The Bertz CT molecular complexity index is 654. The van der Waals surface area contributed by atoms with E-state index in [0.717, 1.165) is 16.7 Å². The Hall–Kier alpha value is -1.73. The lowest BCUT2D eigenvalue weighted by Crippen LogP contribution is -2.21. The normalized spacial score (nSPS) is 12.8. The van der Waals surface area contributed by atoms with E-state index in [1.54, 1.807) is 6.92 Å². The molecule has 0 amide bonds. The number of aliphatic hydroxyl groups is 1. The Morgan fingerprint density at radius 3 is 2.76 bits per heavy atom. The van der Waals surface area contributed by atoms with Gasteiger partial charge in [0.05, 0.1) is 11.5 Å². The smallest absolute Gasteiger partial charge is 0.346 e. The van der Waals surface area contributed by atoms with Crippen LogP contribution in [0.1, 0.15) is 35.5 Å². The number of anilines is 1. The van der Waals surface area contributed by atoms with Crippen LogP contribution in [0.5, 0.6) is 0 Å². The number of aryl methyl sites for hydroxylation is 1. The van der Waals surface area contributed by atoms with E-state index in [1.165, 1.54) is 6.33 Å². The van der Waals surface area contributed by atoms with Crippen LogP contribution in [0.2, 0.25) is 0 Å². The van der Waals surface area contributed by atoms with Gasteiger partial charge in [0.25, 0.3) is 0 Å². The summed E-state index contributed by atoms with van der Waals surface area (Å²) < 4.78 is 0. The summed E-state index contributed by atoms with van der Waals surface area (Å²) in [6, 6.07) is 0. The number of carbonyl (C=O) groups is 1. The largest absolute Gasteiger partial charge is 0.477 e. The van der Waals surface area contributed by atoms with Crippen molar-refractivity contribution in [2.24, 2.45) is 5.92 Å². The second-order valence-corrected chi connectivity index (χ2v) is 6.43. The molecule has 0 fully saturated rings. The first-order valence-electron chi connectivity index (χ1n) is 6.79. The van der Waals surface area contributed by atoms with Gasteiger partial charge in [0.1, 0.15) is 21.9 Å². The molecule has 0 aliphatic heterocycles. The molecular weight excluding hydrogens is 290 g/mol. The van der Waals surface area contributed by atoms with Crippen LogP contribution in [0.15, 0.2) is 6.33 Å². The molecule has 0 saturated carbocycles. The molecule has 0 spiro atoms. The van der Waals surface area contributed by atoms with Crippen LogP contribution >= 0.6 is 11.3 Å². The van der Waals surface area contributed by atoms with Crippen LogP contribution in [0, 0.1) is 12.8 Å². The number of nitrogens with zero attached hydrogens (tertiary/aromatic N) is 2. The van der Waals surface area contributed by atoms with E-state index in [4.69, 9.17) is 0 Å². The minimum atomic E-state index is -0.957. The first-order chi connectivity index (χ1) is 9.90. The maximum Gasteiger partial charge on any atom is 0.346 e. The number of hydrogen-bond donors (Lipinski definition) is 3. The van der Waals surface area contributed by atoms with Crippen LogP contribution in [0.4, 0.5) is 5.82 Å². The predicted octanol–water partition coefficient (Wildman–Crippen LogP) is 2.52. The summed E-state index contributed by atoms with van der Waals surface area (Å²) in [6.07, 6.45) is 1.64. The van der Waals surface area contributed by atoms with Crippen molar-refractivity contribution in [3.63, 3.8) is 0 Å². The zero-order valence-corrected chi connectivity index (χ0v) is 13.1. The van der Waals surface area contributed by atoms with E-state index in [0.29, 0.717) is 35.1 Å². The zero-order valence-electron chi connectivity index (χ0n) is 12.3. The number of carboxylic acid groups (broad SMARTS) is 1. The molecule has 0 aliphatic carbocycles. The summed E-state index contributed by atoms with van der Waals surface area (Å²) in [7, 11) is 0. The van der Waals surface area contributed by atoms with Crippen molar-refractivity contribution in [2.75, 3.05) is 11.9 Å². The van der Waals surface area contributed by atoms with Crippen LogP contribution in [-0.2, 0) is 0 Å². The lowest BCUT2D eigenvalue weighted by molar-refractivity contribution is 0.0701. The Morgan fingerprint density at radius 2 is 2.14 bits per heavy atom. The summed E-state index contributed by atoms with van der Waals surface area (Å²) in [5.41, 5.74) is 0.656. The Kier molecular flexibility index (Phi) is 4.74. The molecule has 2 aromatic rings. The highest BCUT2D eigenvalue weighted by Crippen LogP contribution is 2.33. The molecule has 6 nitrogen and oxygen atoms in total. The Labute approximate surface area is 126 Å². The monoisotopic (exact) mass is 309 g/mol. The number of nitrogens with one attached hydrogen (secondary N) is 1. The van der Waals surface area contributed by atoms with Crippen LogP contribution < -0.4 is 5.32 Å². The van der Waals surface area contributed by atoms with Crippen molar-refractivity contribution >= 4 is 33.3 Å². The van der Waals surface area contributed by atoms with E-state index in [9.17, 15) is 15.0 Å². The summed E-state index contributed by atoms with van der Waals surface area (Å²) in [4.78, 5) is 20.4. The Balaban J connectivity index is 2.26. The topological polar surface area (TPSA) is 95.3 Å². The molecular formula is C14H19N3O3S. The minimum absolute atomic E-state index is 0.274. The highest BCUT2D eigenvalue weighted by atomic mass is 32.1. The van der Waals surface area contributed by atoms with Gasteiger partial charge < -0.3 is 15.5 Å². The molecule has 7 heteroatoms. The summed E-state index contributed by atoms with van der Waals surface area (Å²) >= 11 is 1.14. The molecule has 3 N–H and O–H groups in total. The van der Waals surface area contributed by atoms with E-state index in [2.05, 4.69) is 15.3 Å². The highest BCUT2D eigenvalue weighted by molar-refractivity contribution is 7.20. The molecule has 2 heterocycles. The number of hydrogen-bond acceptors (Lipinski definition) is 6. The molecule has 2 aromatic heterocycles. The summed E-state index contributed by atoms with van der Waals surface area (Å²) in [6.45, 7) is 6.23. The maximum absolute atomic E-state index is 11.2. The molecule has 0 aromatic carbocycles. The number of thiophene rings is 1. The number of aromatic carboxylic acids is 1. The van der Waals surface area contributed by atoms with Crippen molar-refractivity contribution in [3.8, 4) is 0 Å². The minimum Gasteiger partial charge on any atom is -0.477 e. The molecule has 0 bridgehead atoms. The van der Waals surface area contributed by atoms with Gasteiger partial charge in [0.15, 0.2) is 0 Å². The fourth-order valence-corrected chi connectivity index (χ4v) is 3.24. The maximum atomic E-state index is 11.2. The van der Waals surface area contributed by atoms with Gasteiger partial charge in [0, 0.05) is 6.54 Å². The first-order valence-corrected chi connectivity index (χ1v) is 7.61. The highest BCUT2D eigenvalue weighted by Gasteiger charge is 2.18. The van der Waals surface area contributed by atoms with Crippen LogP contribution in [0.25, 0.3) is 10.2 Å². The van der Waals surface area contributed by atoms with Gasteiger partial charge in [-0.25, -0.2) is 14.8 Å². The third kappa shape index (κ3) is 3.48. The van der Waals surface area contributed by atoms with E-state index in [1.807, 2.05) is 13.8 Å². The van der Waals surface area contributed by atoms with Gasteiger partial charge in [-0.05, 0) is 24.8 Å². The average Bonchev–Trinajstić information content (AvgIpc) is 2.74. The lowest BCUT2D eigenvalue weighted by Gasteiger charge is -2.14. The van der Waals surface area contributed by atoms with Crippen molar-refractivity contribution in [3.05, 3.63) is 16.8 Å². The van der Waals surface area contributed by atoms with Gasteiger partial charge in [-0.15, -0.1) is 11.3 Å². The quantitative estimate of drug-likeness (QED) is 0.759. The molecule has 0 aliphatic rings. The van der Waals surface area contributed by atoms with E-state index >= 15 is 0 Å². The predicted molar refractivity (Wildman–Crippen MR) is 83.1 cm³/mol. The van der Waals surface area contributed by atoms with Crippen LogP contribution in [-0.4, -0.2) is 38.8 Å². The molecule has 1 unspecified atom stereocenters. The first kappa shape index (κ1) is 15.7. The molecule has 1 atom stereocenters. The summed E-state index contributed by atoms with van der Waals surface area (Å²) in [5.74, 6) is 0.0269. The Morgan fingerprint density at radius 1 is 1.43 bits per heavy atom. The van der Waals surface area contributed by atoms with E-state index < -0.39 is 12.1 Å². The number of aromatic nitrogens is 2. The second kappa shape index (κ2) is 6.36. The third-order valence-corrected chi connectivity index (χ3v) is 4.36. The van der Waals surface area contributed by atoms with Crippen molar-refractivity contribution < 1.29 is 15.0 Å². The van der Waals surface area contributed by atoms with E-state index in [-0.39, 0.29) is 4.88 Å². The number of rotatable bonds is 6. The van der Waals surface area contributed by atoms with Gasteiger partial charge in [0.2, 0.25) is 0 Å². The molecule has 114 valence electrons. The molecule has 0 saturated heterocycles. The van der Waals surface area contributed by atoms with Gasteiger partial charge in [-0.1, -0.05) is 13.8 Å². The average molecular weight is 309 g/mol. The lowest BCUT2D eigenvalue weighted by atomic mass is 10.1. The van der Waals surface area contributed by atoms with Crippen molar-refractivity contribution in [1.29, 1.82) is 0 Å². The standard InChI is InChI=1S/C14H19N3O3S/c1-7(2)4-9(18)5-15-12-10-8(3)11(14(19)20)21-13(10)17-6-16-12/h6-7,9,18H,4-5H2,1-3H3,(H,19,20)(H,15,16,17). The van der Waals surface area contributed by atoms with Crippen molar-refractivity contribution in [1.82, 2.24) is 9.97 Å². The zero-order chi connectivity index (χ0) is 15.6. The molecule has 0 radical (unpaired) electrons. The number of aliphatic hydroxyl groups excluding tert-OH is 1. The fourth-order valence-electron chi connectivity index (χ4n) is 2.25. The van der Waals surface area contributed by atoms with Crippen LogP contribution in [0.3, 0.4) is 0 Å². The van der Waals surface area contributed by atoms with Crippen molar-refractivity contribution in [2.45, 2.75) is 33.3 Å². The fraction of sp³-hybridized carbons (Fsp3) is 0.500. The molecule has 21 heavy (non-hydrogen) atoms. The third-order valence-electron chi connectivity index (χ3n) is 3.17.